The van der Waals surface area contributed by atoms with Gasteiger partial charge in [0.1, 0.15) is 5.91 Å². The zero-order valence-electron chi connectivity index (χ0n) is 10.9. The van der Waals surface area contributed by atoms with E-state index in [1.54, 1.807) is 30.5 Å². The third-order valence-electron chi connectivity index (χ3n) is 1.09. The van der Waals surface area contributed by atoms with Gasteiger partial charge in [-0.3, -0.25) is 4.98 Å². The van der Waals surface area contributed by atoms with Crippen molar-refractivity contribution in [2.24, 2.45) is 0 Å². The van der Waals surface area contributed by atoms with E-state index in [1.165, 1.54) is 7.05 Å². The third kappa shape index (κ3) is 12.1. The van der Waals surface area contributed by atoms with Crippen molar-refractivity contribution >= 4 is 5.91 Å². The van der Waals surface area contributed by atoms with E-state index in [1.807, 2.05) is 20.8 Å². The van der Waals surface area contributed by atoms with Gasteiger partial charge < -0.3 is 10.1 Å². The first-order valence-corrected chi connectivity index (χ1v) is 4.88. The largest absolute Gasteiger partial charge is 1.00 e. The number of carbonyl (C=O) groups excluding carboxylic acids is 1. The molecular weight excluding hydrogens is 227 g/mol. The van der Waals surface area contributed by atoms with E-state index in [4.69, 9.17) is 0 Å². The van der Waals surface area contributed by atoms with Gasteiger partial charge in [-0.05, 0) is 19.1 Å². The summed E-state index contributed by atoms with van der Waals surface area (Å²) in [4.78, 5) is 14.6. The summed E-state index contributed by atoms with van der Waals surface area (Å²) < 4.78 is 0. The molecule has 0 radical (unpaired) electrons. The molecule has 0 spiro atoms. The molecule has 0 bridgehead atoms. The molecule has 0 atom stereocenters. The third-order valence-corrected chi connectivity index (χ3v) is 1.09. The van der Waals surface area contributed by atoms with Crippen molar-refractivity contribution in [1.82, 2.24) is 4.98 Å². The molecule has 0 fully saturated rings. The van der Waals surface area contributed by atoms with E-state index < -0.39 is 0 Å². The fourth-order valence-corrected chi connectivity index (χ4v) is 0.604. The summed E-state index contributed by atoms with van der Waals surface area (Å²) in [5.41, 5.74) is 0.394. The number of aromatic nitrogens is 1. The monoisotopic (exact) mass is 246 g/mol. The van der Waals surface area contributed by atoms with Gasteiger partial charge in [0.2, 0.25) is 0 Å². The second kappa shape index (κ2) is 17.4. The molecule has 1 rings (SSSR count). The van der Waals surface area contributed by atoms with Crippen molar-refractivity contribution in [2.45, 2.75) is 20.8 Å². The Morgan fingerprint density at radius 3 is 2.25 bits per heavy atom. The topological polar surface area (TPSA) is 44.1 Å². The van der Waals surface area contributed by atoms with Crippen molar-refractivity contribution in [3.05, 3.63) is 48.1 Å². The fraction of sp³-hybridized carbons (Fsp3) is 0.333. The van der Waals surface area contributed by atoms with E-state index in [0.29, 0.717) is 5.69 Å². The summed E-state index contributed by atoms with van der Waals surface area (Å²) >= 11 is 0. The predicted octanol–water partition coefficient (Wildman–Crippen LogP) is 0.448. The Labute approximate surface area is 141 Å². The van der Waals surface area contributed by atoms with E-state index in [0.717, 1.165) is 0 Å². The van der Waals surface area contributed by atoms with Gasteiger partial charge in [0.05, 0.1) is 5.69 Å². The number of rotatable bonds is 1. The van der Waals surface area contributed by atoms with Crippen LogP contribution in [-0.2, 0) is 0 Å². The molecule has 4 heteroatoms. The van der Waals surface area contributed by atoms with Gasteiger partial charge in [-0.15, -0.1) is 13.6 Å². The van der Waals surface area contributed by atoms with Crippen molar-refractivity contribution < 1.29 is 56.2 Å². The number of carbonyl (C=O) groups is 1. The van der Waals surface area contributed by atoms with E-state index in [9.17, 15) is 4.79 Å². The van der Waals surface area contributed by atoms with Gasteiger partial charge in [-0.25, -0.2) is 0 Å². The van der Waals surface area contributed by atoms with Crippen LogP contribution in [0, 0.1) is 0 Å². The number of amides is 1. The maximum Gasteiger partial charge on any atom is 1.00 e. The number of nitrogens with zero attached hydrogens (tertiary/aromatic N) is 2. The standard InChI is InChI=1S/C7H8N2O.C3H6.C2H6.K/c1-8-7(10)6-4-2-3-5-9-6;1-3-2;1-2;/h2-5H,1H3,(H,8,10);3H,1H2,2H3;1-2H3;/q;;;+1/p-1. The first kappa shape index (κ1) is 21.3. The van der Waals surface area contributed by atoms with Crippen molar-refractivity contribution in [3.63, 3.8) is 0 Å². The van der Waals surface area contributed by atoms with Crippen molar-refractivity contribution in [2.75, 3.05) is 7.05 Å². The molecule has 1 heterocycles. The Morgan fingerprint density at radius 2 is 1.94 bits per heavy atom. The van der Waals surface area contributed by atoms with E-state index in [2.05, 4.69) is 16.9 Å². The molecule has 1 aromatic rings. The van der Waals surface area contributed by atoms with Gasteiger partial charge >= 0.3 is 51.4 Å². The summed E-state index contributed by atoms with van der Waals surface area (Å²) in [7, 11) is 1.46. The average Bonchev–Trinajstić information content (AvgIpc) is 2.33. The summed E-state index contributed by atoms with van der Waals surface area (Å²) in [5.74, 6) is -0.277. The van der Waals surface area contributed by atoms with Gasteiger partial charge in [-0.2, -0.15) is 0 Å². The molecule has 0 aliphatic carbocycles. The number of hydrogen-bond acceptors (Lipinski definition) is 2. The Morgan fingerprint density at radius 1 is 1.44 bits per heavy atom. The van der Waals surface area contributed by atoms with Crippen LogP contribution in [0.4, 0.5) is 0 Å². The second-order valence-corrected chi connectivity index (χ2v) is 2.15. The fourth-order valence-electron chi connectivity index (χ4n) is 0.604. The number of allylic oxidation sites excluding steroid dienone is 1. The Kier molecular flexibility index (Phi) is 23.2. The van der Waals surface area contributed by atoms with Gasteiger partial charge in [0.25, 0.3) is 0 Å². The molecule has 1 aromatic heterocycles. The molecule has 0 unspecified atom stereocenters. The summed E-state index contributed by atoms with van der Waals surface area (Å²) in [6, 6.07) is 5.15. The summed E-state index contributed by atoms with van der Waals surface area (Å²) in [6.45, 7) is 9.25. The maximum absolute atomic E-state index is 10.8. The van der Waals surface area contributed by atoms with Crippen LogP contribution in [0.1, 0.15) is 31.3 Å². The molecule has 1 amide bonds. The van der Waals surface area contributed by atoms with Crippen LogP contribution >= 0.6 is 0 Å². The minimum atomic E-state index is -0.277. The summed E-state index contributed by atoms with van der Waals surface area (Å²) in [5, 5.41) is 3.46. The Bertz CT molecular complexity index is 263. The first-order chi connectivity index (χ1) is 7.26. The number of hydrogen-bond donors (Lipinski definition) is 0. The van der Waals surface area contributed by atoms with Crippen LogP contribution in [0.15, 0.2) is 37.1 Å². The summed E-state index contributed by atoms with van der Waals surface area (Å²) in [6.07, 6.45) is 3.32. The Balaban J connectivity index is -0.000000246. The predicted molar refractivity (Wildman–Crippen MR) is 65.1 cm³/mol. The van der Waals surface area contributed by atoms with Crippen LogP contribution in [0.3, 0.4) is 0 Å². The van der Waals surface area contributed by atoms with Crippen LogP contribution in [0.2, 0.25) is 0 Å². The SMILES string of the molecule is C=CC.CC.C[N-]C(=O)c1ccccn1.[K+]. The molecule has 16 heavy (non-hydrogen) atoms. The van der Waals surface area contributed by atoms with Crippen LogP contribution in [0.5, 0.6) is 0 Å². The van der Waals surface area contributed by atoms with Crippen molar-refractivity contribution in [1.29, 1.82) is 0 Å². The molecule has 0 saturated heterocycles. The number of pyridine rings is 1. The molecule has 0 aliphatic heterocycles. The first-order valence-electron chi connectivity index (χ1n) is 4.88. The average molecular weight is 246 g/mol. The Hall–Kier alpha value is -0.00364. The van der Waals surface area contributed by atoms with Gasteiger partial charge in [-0.1, -0.05) is 26.0 Å². The zero-order chi connectivity index (χ0) is 12.1. The molecule has 0 aliphatic rings. The van der Waals surface area contributed by atoms with Crippen LogP contribution in [-0.4, -0.2) is 17.9 Å². The zero-order valence-corrected chi connectivity index (χ0v) is 14.0. The van der Waals surface area contributed by atoms with E-state index in [-0.39, 0.29) is 57.3 Å². The van der Waals surface area contributed by atoms with Crippen molar-refractivity contribution in [3.8, 4) is 0 Å². The quantitative estimate of drug-likeness (QED) is 0.533. The normalized spacial score (nSPS) is 6.75. The van der Waals surface area contributed by atoms with Crippen LogP contribution in [0.25, 0.3) is 5.32 Å². The molecular formula is C12H19KN2O. The smallest absolute Gasteiger partial charge is 0.650 e. The second-order valence-electron chi connectivity index (χ2n) is 2.15. The molecule has 0 aromatic carbocycles. The minimum absolute atomic E-state index is 0. The van der Waals surface area contributed by atoms with Crippen LogP contribution < -0.4 is 51.4 Å². The van der Waals surface area contributed by atoms with Gasteiger partial charge in [0.15, 0.2) is 0 Å². The maximum atomic E-state index is 10.8. The van der Waals surface area contributed by atoms with E-state index >= 15 is 0 Å². The molecule has 3 nitrogen and oxygen atoms in total. The van der Waals surface area contributed by atoms with Gasteiger partial charge in [0, 0.05) is 6.20 Å². The molecule has 84 valence electrons. The molecule has 0 N–H and O–H groups in total. The minimum Gasteiger partial charge on any atom is -0.650 e. The molecule has 0 saturated carbocycles.